The van der Waals surface area contributed by atoms with Crippen LogP contribution in [0.3, 0.4) is 0 Å². The van der Waals surface area contributed by atoms with Crippen LogP contribution in [0.15, 0.2) is 30.3 Å². The fourth-order valence-corrected chi connectivity index (χ4v) is 3.08. The lowest BCUT2D eigenvalue weighted by molar-refractivity contribution is 0.750. The van der Waals surface area contributed by atoms with Gasteiger partial charge in [0.15, 0.2) is 5.82 Å². The van der Waals surface area contributed by atoms with Gasteiger partial charge >= 0.3 is 0 Å². The van der Waals surface area contributed by atoms with Gasteiger partial charge in [0.1, 0.15) is 5.15 Å². The van der Waals surface area contributed by atoms with Crippen molar-refractivity contribution in [2.75, 3.05) is 4.90 Å². The summed E-state index contributed by atoms with van der Waals surface area (Å²) in [5.41, 5.74) is 2.42. The molecule has 5 heteroatoms. The van der Waals surface area contributed by atoms with E-state index in [1.54, 1.807) is 6.07 Å². The fourth-order valence-electron chi connectivity index (χ4n) is 2.49. The number of hydrogen-bond donors (Lipinski definition) is 0. The Morgan fingerprint density at radius 3 is 2.68 bits per heavy atom. The smallest absolute Gasteiger partial charge is 0.153 e. The third kappa shape index (κ3) is 2.18. The Labute approximate surface area is 126 Å². The van der Waals surface area contributed by atoms with Crippen LogP contribution in [0.2, 0.25) is 15.2 Å². The molecule has 1 aliphatic heterocycles. The van der Waals surface area contributed by atoms with Crippen molar-refractivity contribution in [1.82, 2.24) is 4.98 Å². The molecule has 0 fully saturated rings. The first kappa shape index (κ1) is 13.0. The molecule has 19 heavy (non-hydrogen) atoms. The number of hydrogen-bond acceptors (Lipinski definition) is 2. The van der Waals surface area contributed by atoms with E-state index in [0.717, 1.165) is 12.1 Å². The zero-order valence-corrected chi connectivity index (χ0v) is 12.5. The molecule has 0 aliphatic carbocycles. The molecule has 98 valence electrons. The summed E-state index contributed by atoms with van der Waals surface area (Å²) < 4.78 is 0. The number of aromatic nitrogens is 1. The summed E-state index contributed by atoms with van der Waals surface area (Å²) in [7, 11) is 0. The second-order valence-corrected chi connectivity index (χ2v) is 5.79. The van der Waals surface area contributed by atoms with Crippen LogP contribution in [0.4, 0.5) is 11.5 Å². The molecule has 1 aliphatic rings. The quantitative estimate of drug-likeness (QED) is 0.679. The maximum absolute atomic E-state index is 6.27. The lowest BCUT2D eigenvalue weighted by atomic mass is 10.1. The van der Waals surface area contributed by atoms with Gasteiger partial charge in [0, 0.05) is 11.7 Å². The highest BCUT2D eigenvalue weighted by molar-refractivity contribution is 6.43. The van der Waals surface area contributed by atoms with Crippen LogP contribution >= 0.6 is 34.8 Å². The number of rotatable bonds is 1. The lowest BCUT2D eigenvalue weighted by Gasteiger charge is -2.25. The number of nitrogens with zero attached hydrogens (tertiary/aromatic N) is 2. The largest absolute Gasteiger partial charge is 0.322 e. The van der Waals surface area contributed by atoms with Crippen molar-refractivity contribution < 1.29 is 0 Å². The van der Waals surface area contributed by atoms with Gasteiger partial charge in [-0.1, -0.05) is 53.0 Å². The highest BCUT2D eigenvalue weighted by Crippen LogP contribution is 2.41. The first-order valence-corrected chi connectivity index (χ1v) is 7.10. The van der Waals surface area contributed by atoms with Crippen LogP contribution in [0.25, 0.3) is 0 Å². The topological polar surface area (TPSA) is 16.1 Å². The molecule has 0 bridgehead atoms. The molecule has 0 spiro atoms. The van der Waals surface area contributed by atoms with E-state index in [2.05, 4.69) is 28.9 Å². The van der Waals surface area contributed by atoms with E-state index < -0.39 is 0 Å². The monoisotopic (exact) mass is 312 g/mol. The molecule has 1 aromatic carbocycles. The Hall–Kier alpha value is -0.960. The third-order valence-electron chi connectivity index (χ3n) is 3.30. The summed E-state index contributed by atoms with van der Waals surface area (Å²) in [6, 6.07) is 10.2. The van der Waals surface area contributed by atoms with Crippen molar-refractivity contribution in [3.8, 4) is 0 Å². The Kier molecular flexibility index (Phi) is 3.34. The SMILES string of the molecule is CC1Cc2ccccc2N1c1nc(Cl)c(Cl)cc1Cl. The Balaban J connectivity index is 2.15. The molecule has 1 aromatic heterocycles. The van der Waals surface area contributed by atoms with Gasteiger partial charge in [0.25, 0.3) is 0 Å². The van der Waals surface area contributed by atoms with Crippen molar-refractivity contribution in [2.45, 2.75) is 19.4 Å². The maximum atomic E-state index is 6.27. The fraction of sp³-hybridized carbons (Fsp3) is 0.214. The summed E-state index contributed by atoms with van der Waals surface area (Å²) in [5, 5.41) is 1.16. The highest BCUT2D eigenvalue weighted by Gasteiger charge is 2.29. The average Bonchev–Trinajstić information content (AvgIpc) is 2.70. The summed E-state index contributed by atoms with van der Waals surface area (Å²) in [4.78, 5) is 6.44. The number of para-hydroxylation sites is 1. The van der Waals surface area contributed by atoms with Gasteiger partial charge in [-0.05, 0) is 31.0 Å². The zero-order valence-electron chi connectivity index (χ0n) is 10.2. The van der Waals surface area contributed by atoms with Crippen LogP contribution in [0.5, 0.6) is 0 Å². The molecule has 2 nitrogen and oxygen atoms in total. The van der Waals surface area contributed by atoms with E-state index in [9.17, 15) is 0 Å². The number of pyridine rings is 1. The van der Waals surface area contributed by atoms with Crippen LogP contribution < -0.4 is 4.90 Å². The van der Waals surface area contributed by atoms with Crippen molar-refractivity contribution in [3.05, 3.63) is 51.1 Å². The Bertz CT molecular complexity index is 643. The van der Waals surface area contributed by atoms with Gasteiger partial charge in [0.05, 0.1) is 10.0 Å². The van der Waals surface area contributed by atoms with Gasteiger partial charge in [-0.25, -0.2) is 4.98 Å². The molecule has 2 heterocycles. The van der Waals surface area contributed by atoms with Gasteiger partial charge < -0.3 is 4.90 Å². The molecule has 0 amide bonds. The number of fused-ring (bicyclic) bond motifs is 1. The van der Waals surface area contributed by atoms with Crippen LogP contribution in [0, 0.1) is 0 Å². The van der Waals surface area contributed by atoms with Crippen LogP contribution in [-0.2, 0) is 6.42 Å². The highest BCUT2D eigenvalue weighted by atomic mass is 35.5. The van der Waals surface area contributed by atoms with Gasteiger partial charge in [0.2, 0.25) is 0 Å². The molecule has 2 aromatic rings. The number of halogens is 3. The first-order chi connectivity index (χ1) is 9.08. The van der Waals surface area contributed by atoms with E-state index in [-0.39, 0.29) is 5.15 Å². The van der Waals surface area contributed by atoms with Crippen molar-refractivity contribution in [2.24, 2.45) is 0 Å². The van der Waals surface area contributed by atoms with Crippen molar-refractivity contribution in [1.29, 1.82) is 0 Å². The molecule has 0 radical (unpaired) electrons. The van der Waals surface area contributed by atoms with Crippen molar-refractivity contribution in [3.63, 3.8) is 0 Å². The zero-order chi connectivity index (χ0) is 13.6. The maximum Gasteiger partial charge on any atom is 0.153 e. The van der Waals surface area contributed by atoms with E-state index in [1.807, 2.05) is 12.1 Å². The molecule has 0 saturated carbocycles. The summed E-state index contributed by atoms with van der Waals surface area (Å²) in [5.74, 6) is 0.661. The van der Waals surface area contributed by atoms with Gasteiger partial charge in [-0.15, -0.1) is 0 Å². The molecule has 0 N–H and O–H groups in total. The normalized spacial score (nSPS) is 17.7. The second-order valence-electron chi connectivity index (χ2n) is 4.62. The molecular weight excluding hydrogens is 303 g/mol. The minimum Gasteiger partial charge on any atom is -0.322 e. The summed E-state index contributed by atoms with van der Waals surface area (Å²) in [6.45, 7) is 2.14. The molecule has 1 unspecified atom stereocenters. The molecule has 3 rings (SSSR count). The standard InChI is InChI=1S/C14H11Cl3N2/c1-8-6-9-4-2-3-5-12(9)19(8)14-11(16)7-10(15)13(17)18-14/h2-5,7-8H,6H2,1H3. The minimum absolute atomic E-state index is 0.276. The predicted molar refractivity (Wildman–Crippen MR) is 81.0 cm³/mol. The third-order valence-corrected chi connectivity index (χ3v) is 4.25. The minimum atomic E-state index is 0.276. The van der Waals surface area contributed by atoms with Gasteiger partial charge in [-0.3, -0.25) is 0 Å². The second kappa shape index (κ2) is 4.86. The predicted octanol–water partition coefficient (Wildman–Crippen LogP) is 5.12. The van der Waals surface area contributed by atoms with E-state index in [0.29, 0.717) is 21.9 Å². The van der Waals surface area contributed by atoms with Crippen molar-refractivity contribution >= 4 is 46.3 Å². The summed E-state index contributed by atoms with van der Waals surface area (Å²) in [6.07, 6.45) is 0.967. The van der Waals surface area contributed by atoms with Gasteiger partial charge in [-0.2, -0.15) is 0 Å². The molecular formula is C14H11Cl3N2. The van der Waals surface area contributed by atoms with E-state index in [4.69, 9.17) is 34.8 Å². The molecule has 0 saturated heterocycles. The first-order valence-electron chi connectivity index (χ1n) is 5.96. The number of anilines is 2. The van der Waals surface area contributed by atoms with Crippen LogP contribution in [0.1, 0.15) is 12.5 Å². The summed E-state index contributed by atoms with van der Waals surface area (Å²) >= 11 is 18.2. The lowest BCUT2D eigenvalue weighted by Crippen LogP contribution is -2.25. The van der Waals surface area contributed by atoms with Crippen LogP contribution in [-0.4, -0.2) is 11.0 Å². The average molecular weight is 314 g/mol. The Morgan fingerprint density at radius 2 is 1.89 bits per heavy atom. The van der Waals surface area contributed by atoms with E-state index in [1.165, 1.54) is 5.56 Å². The Morgan fingerprint density at radius 1 is 1.16 bits per heavy atom. The van der Waals surface area contributed by atoms with E-state index >= 15 is 0 Å². The molecule has 1 atom stereocenters. The number of benzene rings is 1.